The molecule has 0 spiro atoms. The molecule has 8 heteroatoms. The smallest absolute Gasteiger partial charge is 0.295 e. The first-order valence-electron chi connectivity index (χ1n) is 6.48. The molecule has 0 aromatic carbocycles. The number of rotatable bonds is 4. The van der Waals surface area contributed by atoms with Crippen molar-refractivity contribution in [3.8, 4) is 0 Å². The fourth-order valence-electron chi connectivity index (χ4n) is 2.10. The van der Waals surface area contributed by atoms with Gasteiger partial charge in [-0.1, -0.05) is 6.07 Å². The average Bonchev–Trinajstić information content (AvgIpc) is 2.81. The molecule has 2 heterocycles. The highest BCUT2D eigenvalue weighted by atomic mass is 35.7. The van der Waals surface area contributed by atoms with E-state index in [9.17, 15) is 8.42 Å². The van der Waals surface area contributed by atoms with Crippen molar-refractivity contribution in [3.63, 3.8) is 0 Å². The summed E-state index contributed by atoms with van der Waals surface area (Å²) < 4.78 is 24.8. The van der Waals surface area contributed by atoms with E-state index in [2.05, 4.69) is 15.2 Å². The van der Waals surface area contributed by atoms with Crippen LogP contribution in [0, 0.1) is 0 Å². The van der Waals surface area contributed by atoms with E-state index in [0.29, 0.717) is 18.7 Å². The Kier molecular flexibility index (Phi) is 4.34. The van der Waals surface area contributed by atoms with Crippen molar-refractivity contribution in [2.24, 2.45) is 0 Å². The lowest BCUT2D eigenvalue weighted by molar-refractivity contribution is 0.350. The first-order chi connectivity index (χ1) is 9.69. The Balaban J connectivity index is 2.34. The molecule has 0 aliphatic rings. The maximum Gasteiger partial charge on any atom is 0.296 e. The lowest BCUT2D eigenvalue weighted by Crippen LogP contribution is -2.27. The van der Waals surface area contributed by atoms with Gasteiger partial charge in [0.25, 0.3) is 14.2 Å². The molecule has 2 rings (SSSR count). The molecule has 2 aromatic heterocycles. The van der Waals surface area contributed by atoms with Gasteiger partial charge in [-0.25, -0.2) is 8.42 Å². The lowest BCUT2D eigenvalue weighted by atomic mass is 10.1. The van der Waals surface area contributed by atoms with E-state index >= 15 is 0 Å². The van der Waals surface area contributed by atoms with Gasteiger partial charge in [0.1, 0.15) is 5.82 Å². The van der Waals surface area contributed by atoms with Crippen molar-refractivity contribution in [2.45, 2.75) is 44.3 Å². The molecule has 0 N–H and O–H groups in total. The van der Waals surface area contributed by atoms with Crippen molar-refractivity contribution >= 4 is 19.7 Å². The zero-order chi connectivity index (χ0) is 15.7. The predicted molar refractivity (Wildman–Crippen MR) is 79.7 cm³/mol. The number of nitrogens with zero attached hydrogens (tertiary/aromatic N) is 4. The van der Waals surface area contributed by atoms with Crippen molar-refractivity contribution in [1.82, 2.24) is 19.7 Å². The van der Waals surface area contributed by atoms with Crippen molar-refractivity contribution in [1.29, 1.82) is 0 Å². The van der Waals surface area contributed by atoms with Gasteiger partial charge >= 0.3 is 0 Å². The van der Waals surface area contributed by atoms with E-state index in [1.54, 1.807) is 17.0 Å². The Morgan fingerprint density at radius 3 is 2.48 bits per heavy atom. The molecular weight excluding hydrogens is 312 g/mol. The summed E-state index contributed by atoms with van der Waals surface area (Å²) in [5.41, 5.74) is 0.571. The van der Waals surface area contributed by atoms with Gasteiger partial charge in [0, 0.05) is 35.0 Å². The van der Waals surface area contributed by atoms with Crippen molar-refractivity contribution in [2.75, 3.05) is 0 Å². The van der Waals surface area contributed by atoms with Crippen LogP contribution in [-0.2, 0) is 27.4 Å². The van der Waals surface area contributed by atoms with Crippen LogP contribution in [-0.4, -0.2) is 28.2 Å². The first kappa shape index (κ1) is 15.9. The summed E-state index contributed by atoms with van der Waals surface area (Å²) >= 11 is 0. The van der Waals surface area contributed by atoms with Gasteiger partial charge in [0.15, 0.2) is 0 Å². The maximum absolute atomic E-state index is 11.6. The Morgan fingerprint density at radius 1 is 1.24 bits per heavy atom. The van der Waals surface area contributed by atoms with Gasteiger partial charge in [-0.05, 0) is 38.8 Å². The van der Waals surface area contributed by atoms with E-state index in [1.807, 2.05) is 32.9 Å². The summed E-state index contributed by atoms with van der Waals surface area (Å²) in [5.74, 6) is 0.588. The fraction of sp³-hybridized carbons (Fsp3) is 0.462. The van der Waals surface area contributed by atoms with E-state index in [1.165, 1.54) is 0 Å². The second kappa shape index (κ2) is 5.73. The normalized spacial score (nSPS) is 12.6. The number of halogens is 1. The van der Waals surface area contributed by atoms with Gasteiger partial charge in [-0.3, -0.25) is 9.55 Å². The molecule has 0 atom stereocenters. The molecule has 0 unspecified atom stereocenters. The molecule has 0 aliphatic carbocycles. The van der Waals surface area contributed by atoms with Crippen molar-refractivity contribution in [3.05, 3.63) is 35.9 Å². The SMILES string of the molecule is CC(C)(C)n1c(CCc2cccnc2)nnc1S(=O)(=O)Cl. The molecule has 21 heavy (non-hydrogen) atoms. The standard InChI is InChI=1S/C13H17ClN4O2S/c1-13(2,3)18-11(16-17-12(18)21(14,19)20)7-6-10-5-4-8-15-9-10/h4-5,8-9H,6-7H2,1-3H3. The minimum Gasteiger partial charge on any atom is -0.295 e. The molecule has 0 saturated carbocycles. The Labute approximate surface area is 128 Å². The molecule has 2 aromatic rings. The van der Waals surface area contributed by atoms with Crippen LogP contribution in [0.3, 0.4) is 0 Å². The molecule has 0 bridgehead atoms. The third kappa shape index (κ3) is 3.79. The molecule has 114 valence electrons. The van der Waals surface area contributed by atoms with E-state index in [-0.39, 0.29) is 5.16 Å². The van der Waals surface area contributed by atoms with Gasteiger partial charge in [0.2, 0.25) is 0 Å². The number of hydrogen-bond acceptors (Lipinski definition) is 5. The third-order valence-electron chi connectivity index (χ3n) is 2.95. The highest BCUT2D eigenvalue weighted by molar-refractivity contribution is 8.13. The summed E-state index contributed by atoms with van der Waals surface area (Å²) in [6.45, 7) is 5.65. The number of hydrogen-bond donors (Lipinski definition) is 0. The third-order valence-corrected chi connectivity index (χ3v) is 4.06. The number of aromatic nitrogens is 4. The van der Waals surface area contributed by atoms with Crippen LogP contribution in [0.4, 0.5) is 0 Å². The Bertz CT molecular complexity index is 720. The predicted octanol–water partition coefficient (Wildman–Crippen LogP) is 2.14. The van der Waals surface area contributed by atoms with E-state index < -0.39 is 14.6 Å². The van der Waals surface area contributed by atoms with Crippen LogP contribution in [0.25, 0.3) is 0 Å². The summed E-state index contributed by atoms with van der Waals surface area (Å²) in [4.78, 5) is 4.05. The molecule has 0 aliphatic heterocycles. The summed E-state index contributed by atoms with van der Waals surface area (Å²) in [5, 5.41) is 7.53. The molecule has 0 amide bonds. The number of aryl methyl sites for hydroxylation is 2. The van der Waals surface area contributed by atoms with Crippen molar-refractivity contribution < 1.29 is 8.42 Å². The van der Waals surface area contributed by atoms with Crippen LogP contribution >= 0.6 is 10.7 Å². The van der Waals surface area contributed by atoms with Gasteiger partial charge in [-0.15, -0.1) is 10.2 Å². The molecular formula is C13H17ClN4O2S. The van der Waals surface area contributed by atoms with Crippen LogP contribution in [0.15, 0.2) is 29.7 Å². The minimum absolute atomic E-state index is 0.210. The van der Waals surface area contributed by atoms with Crippen LogP contribution in [0.2, 0.25) is 0 Å². The zero-order valence-electron chi connectivity index (χ0n) is 12.1. The highest BCUT2D eigenvalue weighted by Gasteiger charge is 2.29. The van der Waals surface area contributed by atoms with Gasteiger partial charge < -0.3 is 0 Å². The Morgan fingerprint density at radius 2 is 1.95 bits per heavy atom. The van der Waals surface area contributed by atoms with Crippen LogP contribution < -0.4 is 0 Å². The molecule has 0 radical (unpaired) electrons. The van der Waals surface area contributed by atoms with Crippen LogP contribution in [0.1, 0.15) is 32.2 Å². The second-order valence-corrected chi connectivity index (χ2v) is 8.16. The Hall–Kier alpha value is -1.47. The molecule has 0 saturated heterocycles. The quantitative estimate of drug-likeness (QED) is 0.803. The average molecular weight is 329 g/mol. The zero-order valence-corrected chi connectivity index (χ0v) is 13.7. The first-order valence-corrected chi connectivity index (χ1v) is 8.79. The lowest BCUT2D eigenvalue weighted by Gasteiger charge is -2.24. The summed E-state index contributed by atoms with van der Waals surface area (Å²) in [6, 6.07) is 3.82. The summed E-state index contributed by atoms with van der Waals surface area (Å²) in [7, 11) is 1.51. The topological polar surface area (TPSA) is 77.7 Å². The van der Waals surface area contributed by atoms with Gasteiger partial charge in [-0.2, -0.15) is 0 Å². The monoisotopic (exact) mass is 328 g/mol. The van der Waals surface area contributed by atoms with E-state index in [4.69, 9.17) is 10.7 Å². The largest absolute Gasteiger partial charge is 0.296 e. The summed E-state index contributed by atoms with van der Waals surface area (Å²) in [6.07, 6.45) is 4.74. The number of pyridine rings is 1. The van der Waals surface area contributed by atoms with Crippen LogP contribution in [0.5, 0.6) is 0 Å². The van der Waals surface area contributed by atoms with Gasteiger partial charge in [0.05, 0.1) is 0 Å². The van der Waals surface area contributed by atoms with E-state index in [0.717, 1.165) is 5.56 Å². The minimum atomic E-state index is -3.93. The molecule has 6 nitrogen and oxygen atoms in total. The molecule has 0 fully saturated rings. The maximum atomic E-state index is 11.6. The fourth-order valence-corrected chi connectivity index (χ4v) is 3.13. The highest BCUT2D eigenvalue weighted by Crippen LogP contribution is 2.24. The second-order valence-electron chi connectivity index (χ2n) is 5.70.